The second kappa shape index (κ2) is 3.73. The van der Waals surface area contributed by atoms with Crippen LogP contribution in [0.1, 0.15) is 11.1 Å². The maximum atomic E-state index is 11.4. The lowest BCUT2D eigenvalue weighted by Crippen LogP contribution is -2.11. The first-order chi connectivity index (χ1) is 7.79. The van der Waals surface area contributed by atoms with E-state index in [1.54, 1.807) is 6.33 Å². The van der Waals surface area contributed by atoms with Crippen LogP contribution in [0.5, 0.6) is 0 Å². The van der Waals surface area contributed by atoms with Gasteiger partial charge in [-0.15, -0.1) is 0 Å². The molecule has 0 spiro atoms. The molecular formula is C11H15N3O2S. The Kier molecular flexibility index (Phi) is 2.61. The van der Waals surface area contributed by atoms with Crippen molar-refractivity contribution in [1.29, 1.82) is 0 Å². The van der Waals surface area contributed by atoms with Gasteiger partial charge in [0.05, 0.1) is 23.8 Å². The van der Waals surface area contributed by atoms with E-state index in [0.717, 1.165) is 22.9 Å². The minimum atomic E-state index is -3.30. The van der Waals surface area contributed by atoms with Gasteiger partial charge in [-0.1, -0.05) is 0 Å². The van der Waals surface area contributed by atoms with Crippen LogP contribution in [0, 0.1) is 13.8 Å². The van der Waals surface area contributed by atoms with Crippen LogP contribution in [0.25, 0.3) is 11.0 Å². The van der Waals surface area contributed by atoms with Crippen molar-refractivity contribution in [3.05, 3.63) is 23.5 Å². The highest BCUT2D eigenvalue weighted by atomic mass is 32.2. The number of nitrogens with zero attached hydrogens (tertiary/aromatic N) is 2. The van der Waals surface area contributed by atoms with Gasteiger partial charge in [0, 0.05) is 7.05 Å². The number of nitrogens with one attached hydrogen (secondary N) is 1. The van der Waals surface area contributed by atoms with Crippen LogP contribution in [0.4, 0.5) is 5.69 Å². The van der Waals surface area contributed by atoms with E-state index in [1.807, 2.05) is 31.5 Å². The molecule has 0 fully saturated rings. The first-order valence-corrected chi connectivity index (χ1v) is 7.08. The lowest BCUT2D eigenvalue weighted by molar-refractivity contribution is 0.607. The third-order valence-corrected chi connectivity index (χ3v) is 3.40. The van der Waals surface area contributed by atoms with Gasteiger partial charge in [-0.2, -0.15) is 0 Å². The number of hydrogen-bond donors (Lipinski definition) is 1. The highest BCUT2D eigenvalue weighted by molar-refractivity contribution is 7.92. The summed E-state index contributed by atoms with van der Waals surface area (Å²) in [6.07, 6.45) is 2.82. The Bertz CT molecular complexity index is 686. The van der Waals surface area contributed by atoms with E-state index in [9.17, 15) is 8.42 Å². The first kappa shape index (κ1) is 11.9. The predicted octanol–water partition coefficient (Wildman–Crippen LogP) is 1.56. The first-order valence-electron chi connectivity index (χ1n) is 5.18. The second-order valence-corrected chi connectivity index (χ2v) is 6.04. The van der Waals surface area contributed by atoms with E-state index in [0.29, 0.717) is 11.2 Å². The van der Waals surface area contributed by atoms with Crippen molar-refractivity contribution < 1.29 is 8.42 Å². The van der Waals surface area contributed by atoms with Crippen molar-refractivity contribution >= 4 is 26.7 Å². The molecule has 1 aromatic heterocycles. The number of imidazole rings is 1. The maximum Gasteiger partial charge on any atom is 0.229 e. The van der Waals surface area contributed by atoms with Crippen molar-refractivity contribution in [1.82, 2.24) is 9.55 Å². The summed E-state index contributed by atoms with van der Waals surface area (Å²) in [6, 6.07) is 2.01. The van der Waals surface area contributed by atoms with Crippen molar-refractivity contribution in [2.24, 2.45) is 7.05 Å². The second-order valence-electron chi connectivity index (χ2n) is 4.29. The van der Waals surface area contributed by atoms with Gasteiger partial charge in [0.2, 0.25) is 10.0 Å². The van der Waals surface area contributed by atoms with Gasteiger partial charge in [-0.25, -0.2) is 13.4 Å². The molecule has 0 amide bonds. The van der Waals surface area contributed by atoms with Crippen LogP contribution >= 0.6 is 0 Å². The molecule has 0 bridgehead atoms. The topological polar surface area (TPSA) is 64.0 Å². The molecule has 0 radical (unpaired) electrons. The van der Waals surface area contributed by atoms with Crippen LogP contribution in [0.15, 0.2) is 12.4 Å². The van der Waals surface area contributed by atoms with Crippen LogP contribution in [0.2, 0.25) is 0 Å². The molecule has 2 aromatic rings. The third-order valence-electron chi connectivity index (χ3n) is 2.83. The molecule has 92 valence electrons. The van der Waals surface area contributed by atoms with Crippen molar-refractivity contribution in [3.8, 4) is 0 Å². The Morgan fingerprint density at radius 1 is 1.35 bits per heavy atom. The van der Waals surface area contributed by atoms with Crippen LogP contribution in [-0.2, 0) is 17.1 Å². The van der Waals surface area contributed by atoms with Gasteiger partial charge in [-0.3, -0.25) is 4.72 Å². The zero-order valence-electron chi connectivity index (χ0n) is 10.3. The molecule has 0 aliphatic rings. The molecule has 0 saturated carbocycles. The average Bonchev–Trinajstić information content (AvgIpc) is 2.54. The van der Waals surface area contributed by atoms with E-state index in [2.05, 4.69) is 9.71 Å². The Labute approximate surface area is 101 Å². The zero-order valence-corrected chi connectivity index (χ0v) is 11.1. The van der Waals surface area contributed by atoms with Crippen LogP contribution in [-0.4, -0.2) is 24.2 Å². The van der Waals surface area contributed by atoms with Crippen molar-refractivity contribution in [2.45, 2.75) is 13.8 Å². The Balaban J connectivity index is 2.79. The van der Waals surface area contributed by atoms with E-state index >= 15 is 0 Å². The quantitative estimate of drug-likeness (QED) is 0.883. The molecule has 0 aliphatic carbocycles. The lowest BCUT2D eigenvalue weighted by Gasteiger charge is -2.11. The Hall–Kier alpha value is -1.56. The zero-order chi connectivity index (χ0) is 12.8. The number of fused-ring (bicyclic) bond motifs is 1. The Morgan fingerprint density at radius 2 is 2.00 bits per heavy atom. The van der Waals surface area contributed by atoms with Gasteiger partial charge < -0.3 is 4.57 Å². The highest BCUT2D eigenvalue weighted by Gasteiger charge is 2.14. The van der Waals surface area contributed by atoms with E-state index in [-0.39, 0.29) is 0 Å². The van der Waals surface area contributed by atoms with Crippen LogP contribution in [0.3, 0.4) is 0 Å². The van der Waals surface area contributed by atoms with Gasteiger partial charge in [0.1, 0.15) is 5.52 Å². The minimum Gasteiger partial charge on any atom is -0.334 e. The van der Waals surface area contributed by atoms with Gasteiger partial charge in [-0.05, 0) is 31.0 Å². The minimum absolute atomic E-state index is 0.572. The summed E-state index contributed by atoms with van der Waals surface area (Å²) in [7, 11) is -1.41. The van der Waals surface area contributed by atoms with E-state index in [4.69, 9.17) is 0 Å². The fourth-order valence-electron chi connectivity index (χ4n) is 1.80. The average molecular weight is 253 g/mol. The van der Waals surface area contributed by atoms with Crippen molar-refractivity contribution in [3.63, 3.8) is 0 Å². The highest BCUT2D eigenvalue weighted by Crippen LogP contribution is 2.29. The number of hydrogen-bond acceptors (Lipinski definition) is 3. The summed E-state index contributed by atoms with van der Waals surface area (Å²) in [4.78, 5) is 4.24. The smallest absolute Gasteiger partial charge is 0.229 e. The molecule has 0 atom stereocenters. The fourth-order valence-corrected chi connectivity index (χ4v) is 2.42. The molecule has 5 nitrogen and oxygen atoms in total. The third kappa shape index (κ3) is 2.12. The summed E-state index contributed by atoms with van der Waals surface area (Å²) in [5, 5.41) is 0. The molecule has 17 heavy (non-hydrogen) atoms. The summed E-state index contributed by atoms with van der Waals surface area (Å²) >= 11 is 0. The largest absolute Gasteiger partial charge is 0.334 e. The van der Waals surface area contributed by atoms with Gasteiger partial charge in [0.25, 0.3) is 0 Å². The maximum absolute atomic E-state index is 11.4. The SMILES string of the molecule is Cc1cc2c(ncn2C)c(NS(C)(=O)=O)c1C. The number of benzene rings is 1. The molecule has 2 rings (SSSR count). The molecule has 1 heterocycles. The van der Waals surface area contributed by atoms with Crippen LogP contribution < -0.4 is 4.72 Å². The number of aryl methyl sites for hydroxylation is 2. The van der Waals surface area contributed by atoms with Gasteiger partial charge >= 0.3 is 0 Å². The number of aromatic nitrogens is 2. The molecule has 0 unspecified atom stereocenters. The molecule has 1 N–H and O–H groups in total. The molecule has 1 aromatic carbocycles. The molecular weight excluding hydrogens is 238 g/mol. The summed E-state index contributed by atoms with van der Waals surface area (Å²) in [5.41, 5.74) is 4.11. The number of anilines is 1. The monoisotopic (exact) mass is 253 g/mol. The van der Waals surface area contributed by atoms with Gasteiger partial charge in [0.15, 0.2) is 0 Å². The molecule has 0 saturated heterocycles. The Morgan fingerprint density at radius 3 is 2.59 bits per heavy atom. The standard InChI is InChI=1S/C11H15N3O2S/c1-7-5-9-11(12-6-14(9)3)10(8(7)2)13-17(4,15)16/h5-6,13H,1-4H3. The predicted molar refractivity (Wildman–Crippen MR) is 68.7 cm³/mol. The fraction of sp³-hybridized carbons (Fsp3) is 0.364. The molecule has 0 aliphatic heterocycles. The lowest BCUT2D eigenvalue weighted by atomic mass is 10.1. The summed E-state index contributed by atoms with van der Waals surface area (Å²) in [6.45, 7) is 3.84. The summed E-state index contributed by atoms with van der Waals surface area (Å²) in [5.74, 6) is 0. The number of rotatable bonds is 2. The molecule has 6 heteroatoms. The van der Waals surface area contributed by atoms with Crippen molar-refractivity contribution in [2.75, 3.05) is 11.0 Å². The number of sulfonamides is 1. The summed E-state index contributed by atoms with van der Waals surface area (Å²) < 4.78 is 27.2. The normalized spacial score (nSPS) is 12.0. The van der Waals surface area contributed by atoms with E-state index < -0.39 is 10.0 Å². The van der Waals surface area contributed by atoms with E-state index in [1.165, 1.54) is 0 Å².